The van der Waals surface area contributed by atoms with Crippen LogP contribution in [0.1, 0.15) is 10.4 Å². The SMILES string of the molecule is O=C(CSc1ccccc1F)NNC(=O)c1ccc([N+](=O)[O-])cc1. The second-order valence-corrected chi connectivity index (χ2v) is 5.54. The lowest BCUT2D eigenvalue weighted by atomic mass is 10.2. The highest BCUT2D eigenvalue weighted by atomic mass is 32.2. The summed E-state index contributed by atoms with van der Waals surface area (Å²) in [7, 11) is 0. The first-order valence-corrected chi connectivity index (χ1v) is 7.67. The minimum absolute atomic E-state index is 0.0819. The Morgan fingerprint density at radius 1 is 1.08 bits per heavy atom. The van der Waals surface area contributed by atoms with Gasteiger partial charge in [0.15, 0.2) is 0 Å². The number of nitro benzene ring substituents is 1. The molecule has 0 saturated heterocycles. The fourth-order valence-corrected chi connectivity index (χ4v) is 2.41. The number of nitro groups is 1. The van der Waals surface area contributed by atoms with Crippen LogP contribution in [0.15, 0.2) is 53.4 Å². The number of nitrogens with one attached hydrogen (secondary N) is 2. The molecular formula is C15H12FN3O4S. The van der Waals surface area contributed by atoms with Crippen LogP contribution in [0.2, 0.25) is 0 Å². The maximum Gasteiger partial charge on any atom is 0.269 e. The highest BCUT2D eigenvalue weighted by Gasteiger charge is 2.11. The van der Waals surface area contributed by atoms with Gasteiger partial charge in [-0.05, 0) is 24.3 Å². The zero-order valence-corrected chi connectivity index (χ0v) is 13.0. The minimum Gasteiger partial charge on any atom is -0.272 e. The van der Waals surface area contributed by atoms with Crippen molar-refractivity contribution in [1.82, 2.24) is 10.9 Å². The van der Waals surface area contributed by atoms with Crippen LogP contribution in [0.5, 0.6) is 0 Å². The van der Waals surface area contributed by atoms with Crippen LogP contribution in [0, 0.1) is 15.9 Å². The molecule has 0 heterocycles. The summed E-state index contributed by atoms with van der Waals surface area (Å²) in [6.45, 7) is 0. The molecule has 2 aromatic carbocycles. The van der Waals surface area contributed by atoms with Gasteiger partial charge in [0.1, 0.15) is 5.82 Å². The fourth-order valence-electron chi connectivity index (χ4n) is 1.67. The van der Waals surface area contributed by atoms with Crippen LogP contribution < -0.4 is 10.9 Å². The minimum atomic E-state index is -0.617. The molecule has 9 heteroatoms. The Balaban J connectivity index is 1.81. The van der Waals surface area contributed by atoms with E-state index in [0.29, 0.717) is 4.90 Å². The molecule has 0 spiro atoms. The van der Waals surface area contributed by atoms with E-state index in [9.17, 15) is 24.1 Å². The predicted molar refractivity (Wildman–Crippen MR) is 85.8 cm³/mol. The Morgan fingerprint density at radius 3 is 2.38 bits per heavy atom. The number of nitrogens with zero attached hydrogens (tertiary/aromatic N) is 1. The third-order valence-electron chi connectivity index (χ3n) is 2.85. The quantitative estimate of drug-likeness (QED) is 0.490. The molecule has 7 nitrogen and oxygen atoms in total. The Hall–Kier alpha value is -2.94. The zero-order valence-electron chi connectivity index (χ0n) is 12.2. The van der Waals surface area contributed by atoms with Gasteiger partial charge in [-0.3, -0.25) is 30.6 Å². The summed E-state index contributed by atoms with van der Waals surface area (Å²) in [6.07, 6.45) is 0. The standard InChI is InChI=1S/C15H12FN3O4S/c16-12-3-1-2-4-13(12)24-9-14(20)17-18-15(21)10-5-7-11(8-6-10)19(22)23/h1-8H,9H2,(H,17,20)(H,18,21). The molecule has 0 atom stereocenters. The summed E-state index contributed by atoms with van der Waals surface area (Å²) in [6, 6.07) is 10.9. The average Bonchev–Trinajstić information content (AvgIpc) is 2.59. The predicted octanol–water partition coefficient (Wildman–Crippen LogP) is 2.29. The number of hydrogen-bond donors (Lipinski definition) is 2. The smallest absolute Gasteiger partial charge is 0.269 e. The molecule has 0 unspecified atom stereocenters. The molecule has 2 aromatic rings. The molecule has 124 valence electrons. The van der Waals surface area contributed by atoms with E-state index in [0.717, 1.165) is 11.8 Å². The van der Waals surface area contributed by atoms with Gasteiger partial charge in [0.25, 0.3) is 11.6 Å². The Bertz CT molecular complexity index is 768. The first-order valence-electron chi connectivity index (χ1n) is 6.68. The largest absolute Gasteiger partial charge is 0.272 e. The number of thioether (sulfide) groups is 1. The van der Waals surface area contributed by atoms with Crippen molar-refractivity contribution in [2.45, 2.75) is 4.90 Å². The van der Waals surface area contributed by atoms with Gasteiger partial charge in [-0.15, -0.1) is 11.8 Å². The van der Waals surface area contributed by atoms with E-state index in [4.69, 9.17) is 0 Å². The van der Waals surface area contributed by atoms with E-state index in [1.165, 1.54) is 30.3 Å². The van der Waals surface area contributed by atoms with E-state index in [1.807, 2.05) is 0 Å². The van der Waals surface area contributed by atoms with Crippen LogP contribution in [0.3, 0.4) is 0 Å². The van der Waals surface area contributed by atoms with Crippen molar-refractivity contribution in [2.75, 3.05) is 5.75 Å². The summed E-state index contributed by atoms with van der Waals surface area (Å²) in [5, 5.41) is 10.5. The third kappa shape index (κ3) is 4.78. The van der Waals surface area contributed by atoms with Crippen LogP contribution in [0.25, 0.3) is 0 Å². The van der Waals surface area contributed by atoms with Gasteiger partial charge in [0.05, 0.1) is 10.7 Å². The van der Waals surface area contributed by atoms with Crippen molar-refractivity contribution >= 4 is 29.3 Å². The third-order valence-corrected chi connectivity index (χ3v) is 3.90. The van der Waals surface area contributed by atoms with Crippen LogP contribution in [-0.2, 0) is 4.79 Å². The van der Waals surface area contributed by atoms with Crippen molar-refractivity contribution in [1.29, 1.82) is 0 Å². The topological polar surface area (TPSA) is 101 Å². The number of hydrazine groups is 1. The Morgan fingerprint density at radius 2 is 1.75 bits per heavy atom. The highest BCUT2D eigenvalue weighted by molar-refractivity contribution is 8.00. The zero-order chi connectivity index (χ0) is 17.5. The molecule has 2 amide bonds. The van der Waals surface area contributed by atoms with Crippen molar-refractivity contribution in [2.24, 2.45) is 0 Å². The number of carbonyl (C=O) groups excluding carboxylic acids is 2. The second-order valence-electron chi connectivity index (χ2n) is 4.53. The molecule has 0 bridgehead atoms. The lowest BCUT2D eigenvalue weighted by molar-refractivity contribution is -0.384. The Labute approximate surface area is 140 Å². The molecule has 0 aliphatic rings. The van der Waals surface area contributed by atoms with E-state index in [-0.39, 0.29) is 17.0 Å². The van der Waals surface area contributed by atoms with Crippen LogP contribution >= 0.6 is 11.8 Å². The van der Waals surface area contributed by atoms with Crippen molar-refractivity contribution < 1.29 is 18.9 Å². The van der Waals surface area contributed by atoms with Gasteiger partial charge < -0.3 is 0 Å². The van der Waals surface area contributed by atoms with Gasteiger partial charge >= 0.3 is 0 Å². The lowest BCUT2D eigenvalue weighted by Crippen LogP contribution is -2.42. The van der Waals surface area contributed by atoms with Gasteiger partial charge in [-0.2, -0.15) is 0 Å². The fraction of sp³-hybridized carbons (Fsp3) is 0.0667. The molecule has 0 aliphatic heterocycles. The van der Waals surface area contributed by atoms with Crippen molar-refractivity contribution in [3.63, 3.8) is 0 Å². The molecule has 0 aromatic heterocycles. The van der Waals surface area contributed by atoms with E-state index in [1.54, 1.807) is 18.2 Å². The number of carbonyl (C=O) groups is 2. The molecule has 2 N–H and O–H groups in total. The van der Waals surface area contributed by atoms with Gasteiger partial charge in [0, 0.05) is 22.6 Å². The maximum atomic E-state index is 13.4. The lowest BCUT2D eigenvalue weighted by Gasteiger charge is -2.07. The van der Waals surface area contributed by atoms with Crippen LogP contribution in [-0.4, -0.2) is 22.5 Å². The first-order chi connectivity index (χ1) is 11.5. The molecule has 0 fully saturated rings. The summed E-state index contributed by atoms with van der Waals surface area (Å²) < 4.78 is 13.4. The highest BCUT2D eigenvalue weighted by Crippen LogP contribution is 2.20. The van der Waals surface area contributed by atoms with Gasteiger partial charge in [-0.1, -0.05) is 12.1 Å². The van der Waals surface area contributed by atoms with E-state index >= 15 is 0 Å². The molecule has 2 rings (SSSR count). The maximum absolute atomic E-state index is 13.4. The summed E-state index contributed by atoms with van der Waals surface area (Å²) in [5.74, 6) is -1.64. The van der Waals surface area contributed by atoms with Gasteiger partial charge in [-0.25, -0.2) is 4.39 Å². The monoisotopic (exact) mass is 349 g/mol. The molecule has 0 saturated carbocycles. The average molecular weight is 349 g/mol. The van der Waals surface area contributed by atoms with E-state index in [2.05, 4.69) is 10.9 Å². The van der Waals surface area contributed by atoms with E-state index < -0.39 is 22.6 Å². The number of halogens is 1. The van der Waals surface area contributed by atoms with Crippen molar-refractivity contribution in [3.05, 3.63) is 70.0 Å². The number of benzene rings is 2. The number of rotatable bonds is 5. The molecule has 0 aliphatic carbocycles. The molecular weight excluding hydrogens is 337 g/mol. The summed E-state index contributed by atoms with van der Waals surface area (Å²) in [5.41, 5.74) is 4.39. The number of hydrogen-bond acceptors (Lipinski definition) is 5. The van der Waals surface area contributed by atoms with Crippen LogP contribution in [0.4, 0.5) is 10.1 Å². The Kier molecular flexibility index (Phi) is 5.85. The molecule has 24 heavy (non-hydrogen) atoms. The second kappa shape index (κ2) is 8.06. The van der Waals surface area contributed by atoms with Gasteiger partial charge in [0.2, 0.25) is 5.91 Å². The first kappa shape index (κ1) is 17.4. The normalized spacial score (nSPS) is 10.0. The number of amides is 2. The summed E-state index contributed by atoms with van der Waals surface area (Å²) in [4.78, 5) is 33.7. The van der Waals surface area contributed by atoms with Crippen molar-refractivity contribution in [3.8, 4) is 0 Å². The molecule has 0 radical (unpaired) electrons. The number of non-ortho nitro benzene ring substituents is 1. The summed E-state index contributed by atoms with van der Waals surface area (Å²) >= 11 is 0.994.